The number of hydrogen-bond donors (Lipinski definition) is 1. The minimum atomic E-state index is 0.607. The highest BCUT2D eigenvalue weighted by Gasteiger charge is 2.00. The van der Waals surface area contributed by atoms with Gasteiger partial charge >= 0.3 is 0 Å². The number of unbranched alkanes of at least 4 members (excludes halogenated alkanes) is 7. The lowest BCUT2D eigenvalue weighted by Crippen LogP contribution is -2.01. The maximum Gasteiger partial charge on any atom is 0.182 e. The van der Waals surface area contributed by atoms with Gasteiger partial charge in [0.25, 0.3) is 0 Å². The summed E-state index contributed by atoms with van der Waals surface area (Å²) < 4.78 is 5.06. The van der Waals surface area contributed by atoms with Crippen molar-refractivity contribution in [1.82, 2.24) is 4.98 Å². The molecule has 0 unspecified atom stereocenters. The van der Waals surface area contributed by atoms with Gasteiger partial charge in [-0.3, -0.25) is 0 Å². The van der Waals surface area contributed by atoms with Gasteiger partial charge in [0, 0.05) is 19.0 Å². The number of rotatable bonds is 12. The molecular weight excluding hydrogens is 256 g/mol. The highest BCUT2D eigenvalue weighted by Crippen LogP contribution is 2.16. The van der Waals surface area contributed by atoms with Crippen molar-refractivity contribution in [2.75, 3.05) is 19.0 Å². The quantitative estimate of drug-likeness (QED) is 0.558. The molecule has 4 heteroatoms. The number of methoxy groups -OCH3 is 1. The molecule has 0 aliphatic carbocycles. The fourth-order valence-electron chi connectivity index (χ4n) is 2.06. The van der Waals surface area contributed by atoms with Crippen molar-refractivity contribution < 1.29 is 4.74 Å². The maximum absolute atomic E-state index is 5.06. The van der Waals surface area contributed by atoms with E-state index in [2.05, 4.69) is 22.6 Å². The molecular formula is C15H28N2OS. The second-order valence-corrected chi connectivity index (χ2v) is 5.84. The standard InChI is InChI=1S/C15H28N2OS/c1-3-4-5-6-7-8-9-10-11-16-15-17-14(12-18-2)13-19-15/h13H,3-12H2,1-2H3,(H,16,17). The van der Waals surface area contributed by atoms with Gasteiger partial charge in [-0.15, -0.1) is 11.3 Å². The molecule has 0 radical (unpaired) electrons. The average molecular weight is 284 g/mol. The Hall–Kier alpha value is -0.610. The van der Waals surface area contributed by atoms with Gasteiger partial charge < -0.3 is 10.1 Å². The minimum Gasteiger partial charge on any atom is -0.378 e. The largest absolute Gasteiger partial charge is 0.378 e. The van der Waals surface area contributed by atoms with E-state index in [9.17, 15) is 0 Å². The first-order valence-corrected chi connectivity index (χ1v) is 8.42. The Morgan fingerprint density at radius 1 is 1.11 bits per heavy atom. The molecule has 0 amide bonds. The topological polar surface area (TPSA) is 34.2 Å². The number of nitrogens with one attached hydrogen (secondary N) is 1. The molecule has 110 valence electrons. The summed E-state index contributed by atoms with van der Waals surface area (Å²) in [6.45, 7) is 3.91. The zero-order chi connectivity index (χ0) is 13.8. The molecule has 1 aromatic heterocycles. The van der Waals surface area contributed by atoms with E-state index in [1.807, 2.05) is 0 Å². The summed E-state index contributed by atoms with van der Waals surface area (Å²) in [7, 11) is 1.70. The Labute approximate surface area is 121 Å². The van der Waals surface area contributed by atoms with Crippen LogP contribution < -0.4 is 5.32 Å². The van der Waals surface area contributed by atoms with Crippen LogP contribution in [-0.2, 0) is 11.3 Å². The number of thiazole rings is 1. The molecule has 1 aromatic rings. The predicted molar refractivity (Wildman–Crippen MR) is 83.9 cm³/mol. The van der Waals surface area contributed by atoms with Gasteiger partial charge in [-0.2, -0.15) is 0 Å². The van der Waals surface area contributed by atoms with Gasteiger partial charge in [0.2, 0.25) is 0 Å². The summed E-state index contributed by atoms with van der Waals surface area (Å²) in [5.74, 6) is 0. The fraction of sp³-hybridized carbons (Fsp3) is 0.800. The SMILES string of the molecule is CCCCCCCCCCNc1nc(COC)cs1. The molecule has 0 fully saturated rings. The third kappa shape index (κ3) is 8.22. The maximum atomic E-state index is 5.06. The van der Waals surface area contributed by atoms with Crippen molar-refractivity contribution in [3.8, 4) is 0 Å². The van der Waals surface area contributed by atoms with Crippen LogP contribution in [0.4, 0.5) is 5.13 Å². The van der Waals surface area contributed by atoms with Crippen LogP contribution in [0.15, 0.2) is 5.38 Å². The van der Waals surface area contributed by atoms with E-state index in [0.717, 1.165) is 17.4 Å². The van der Waals surface area contributed by atoms with Crippen LogP contribution in [0.3, 0.4) is 0 Å². The van der Waals surface area contributed by atoms with Gasteiger partial charge in [0.05, 0.1) is 12.3 Å². The zero-order valence-corrected chi connectivity index (χ0v) is 13.2. The molecule has 0 atom stereocenters. The second-order valence-electron chi connectivity index (χ2n) is 4.98. The smallest absolute Gasteiger partial charge is 0.182 e. The zero-order valence-electron chi connectivity index (χ0n) is 12.4. The summed E-state index contributed by atoms with van der Waals surface area (Å²) in [6, 6.07) is 0. The van der Waals surface area contributed by atoms with E-state index in [1.165, 1.54) is 51.4 Å². The van der Waals surface area contributed by atoms with E-state index < -0.39 is 0 Å². The summed E-state index contributed by atoms with van der Waals surface area (Å²) in [5, 5.41) is 6.46. The Bertz CT molecular complexity index is 315. The summed E-state index contributed by atoms with van der Waals surface area (Å²) in [5.41, 5.74) is 1.02. The third-order valence-electron chi connectivity index (χ3n) is 3.15. The predicted octanol–water partition coefficient (Wildman–Crippen LogP) is 4.84. The van der Waals surface area contributed by atoms with Gasteiger partial charge in [0.1, 0.15) is 0 Å². The molecule has 19 heavy (non-hydrogen) atoms. The minimum absolute atomic E-state index is 0.607. The van der Waals surface area contributed by atoms with Gasteiger partial charge in [0.15, 0.2) is 5.13 Å². The van der Waals surface area contributed by atoms with Crippen LogP contribution in [0.5, 0.6) is 0 Å². The molecule has 0 saturated heterocycles. The molecule has 0 saturated carbocycles. The molecule has 0 bridgehead atoms. The Balaban J connectivity index is 1.92. The van der Waals surface area contributed by atoms with E-state index >= 15 is 0 Å². The number of aromatic nitrogens is 1. The summed E-state index contributed by atoms with van der Waals surface area (Å²) in [4.78, 5) is 4.45. The first kappa shape index (κ1) is 16.4. The lowest BCUT2D eigenvalue weighted by molar-refractivity contribution is 0.182. The molecule has 0 aliphatic rings. The van der Waals surface area contributed by atoms with Gasteiger partial charge in [-0.1, -0.05) is 51.9 Å². The van der Waals surface area contributed by atoms with Crippen LogP contribution in [0.1, 0.15) is 64.0 Å². The first-order valence-electron chi connectivity index (χ1n) is 7.54. The van der Waals surface area contributed by atoms with Crippen molar-refractivity contribution in [1.29, 1.82) is 0 Å². The van der Waals surface area contributed by atoms with Gasteiger partial charge in [-0.25, -0.2) is 4.98 Å². The van der Waals surface area contributed by atoms with Crippen molar-refractivity contribution in [3.05, 3.63) is 11.1 Å². The third-order valence-corrected chi connectivity index (χ3v) is 4.00. The first-order chi connectivity index (χ1) is 9.36. The number of ether oxygens (including phenoxy) is 1. The molecule has 0 aliphatic heterocycles. The van der Waals surface area contributed by atoms with E-state index in [1.54, 1.807) is 18.4 Å². The lowest BCUT2D eigenvalue weighted by Gasteiger charge is -2.03. The van der Waals surface area contributed by atoms with Crippen molar-refractivity contribution in [2.24, 2.45) is 0 Å². The molecule has 1 heterocycles. The lowest BCUT2D eigenvalue weighted by atomic mass is 10.1. The van der Waals surface area contributed by atoms with Crippen molar-refractivity contribution >= 4 is 16.5 Å². The highest BCUT2D eigenvalue weighted by atomic mass is 32.1. The van der Waals surface area contributed by atoms with E-state index in [-0.39, 0.29) is 0 Å². The van der Waals surface area contributed by atoms with Crippen molar-refractivity contribution in [3.63, 3.8) is 0 Å². The van der Waals surface area contributed by atoms with Crippen LogP contribution in [0, 0.1) is 0 Å². The molecule has 1 N–H and O–H groups in total. The monoisotopic (exact) mass is 284 g/mol. The summed E-state index contributed by atoms with van der Waals surface area (Å²) in [6.07, 6.45) is 10.9. The highest BCUT2D eigenvalue weighted by molar-refractivity contribution is 7.13. The van der Waals surface area contributed by atoms with Crippen LogP contribution in [-0.4, -0.2) is 18.6 Å². The average Bonchev–Trinajstić information content (AvgIpc) is 2.85. The summed E-state index contributed by atoms with van der Waals surface area (Å²) >= 11 is 1.66. The second kappa shape index (κ2) is 11.2. The van der Waals surface area contributed by atoms with Crippen LogP contribution in [0.2, 0.25) is 0 Å². The van der Waals surface area contributed by atoms with E-state index in [4.69, 9.17) is 4.74 Å². The molecule has 1 rings (SSSR count). The Morgan fingerprint density at radius 2 is 1.79 bits per heavy atom. The molecule has 0 spiro atoms. The number of nitrogens with zero attached hydrogens (tertiary/aromatic N) is 1. The normalized spacial score (nSPS) is 10.8. The van der Waals surface area contributed by atoms with Crippen LogP contribution >= 0.6 is 11.3 Å². The van der Waals surface area contributed by atoms with Crippen LogP contribution in [0.25, 0.3) is 0 Å². The van der Waals surface area contributed by atoms with E-state index in [0.29, 0.717) is 6.61 Å². The number of hydrogen-bond acceptors (Lipinski definition) is 4. The van der Waals surface area contributed by atoms with Gasteiger partial charge in [-0.05, 0) is 6.42 Å². The molecule has 0 aromatic carbocycles. The number of anilines is 1. The Kier molecular flexibility index (Phi) is 9.72. The molecule has 3 nitrogen and oxygen atoms in total. The van der Waals surface area contributed by atoms with Crippen molar-refractivity contribution in [2.45, 2.75) is 64.9 Å². The Morgan fingerprint density at radius 3 is 2.47 bits per heavy atom. The fourth-order valence-corrected chi connectivity index (χ4v) is 2.78.